The van der Waals surface area contributed by atoms with Crippen LogP contribution >= 0.6 is 27.3 Å². The van der Waals surface area contributed by atoms with Crippen LogP contribution in [-0.4, -0.2) is 4.98 Å². The molecule has 0 bridgehead atoms. The summed E-state index contributed by atoms with van der Waals surface area (Å²) in [7, 11) is 0. The first-order valence-electron chi connectivity index (χ1n) is 5.17. The van der Waals surface area contributed by atoms with Crippen molar-refractivity contribution in [3.63, 3.8) is 0 Å². The van der Waals surface area contributed by atoms with Crippen LogP contribution in [-0.2, 0) is 12.8 Å². The molecule has 0 saturated heterocycles. The van der Waals surface area contributed by atoms with Crippen LogP contribution in [0.1, 0.15) is 23.1 Å². The molecule has 1 aromatic carbocycles. The fourth-order valence-corrected chi connectivity index (χ4v) is 3.05. The number of aryl methyl sites for hydroxylation is 1. The predicted molar refractivity (Wildman–Crippen MR) is 72.9 cm³/mol. The lowest BCUT2D eigenvalue weighted by molar-refractivity contribution is 1.02. The van der Waals surface area contributed by atoms with Crippen LogP contribution in [0.4, 0.5) is 5.13 Å². The summed E-state index contributed by atoms with van der Waals surface area (Å²) in [6.07, 6.45) is 1.86. The Morgan fingerprint density at radius 2 is 2.25 bits per heavy atom. The Hall–Kier alpha value is -0.870. The topological polar surface area (TPSA) is 38.9 Å². The maximum absolute atomic E-state index is 5.74. The molecule has 0 saturated carbocycles. The molecule has 4 heteroatoms. The van der Waals surface area contributed by atoms with Crippen LogP contribution in [0.25, 0.3) is 0 Å². The van der Waals surface area contributed by atoms with E-state index in [2.05, 4.69) is 46.0 Å². The average molecular weight is 297 g/mol. The van der Waals surface area contributed by atoms with Crippen LogP contribution in [0.5, 0.6) is 0 Å². The van der Waals surface area contributed by atoms with Gasteiger partial charge in [0.1, 0.15) is 0 Å². The van der Waals surface area contributed by atoms with E-state index in [1.165, 1.54) is 10.4 Å². The number of hydrogen-bond donors (Lipinski definition) is 1. The van der Waals surface area contributed by atoms with Crippen LogP contribution in [0.3, 0.4) is 0 Å². The number of aromatic nitrogens is 1. The first-order chi connectivity index (χ1) is 7.69. The van der Waals surface area contributed by atoms with Gasteiger partial charge in [-0.05, 0) is 24.1 Å². The Morgan fingerprint density at radius 1 is 1.44 bits per heavy atom. The molecule has 16 heavy (non-hydrogen) atoms. The number of benzene rings is 1. The monoisotopic (exact) mass is 296 g/mol. The Morgan fingerprint density at radius 3 is 2.94 bits per heavy atom. The summed E-state index contributed by atoms with van der Waals surface area (Å²) >= 11 is 5.07. The third kappa shape index (κ3) is 2.62. The molecule has 2 rings (SSSR count). The van der Waals surface area contributed by atoms with Gasteiger partial charge < -0.3 is 5.73 Å². The standard InChI is InChI=1S/C12H13BrN2S/c1-2-10-11(16-12(14)15-10)7-8-4-3-5-9(13)6-8/h3-6H,2,7H2,1H3,(H2,14,15). The summed E-state index contributed by atoms with van der Waals surface area (Å²) in [4.78, 5) is 5.61. The second kappa shape index (κ2) is 4.97. The van der Waals surface area contributed by atoms with Gasteiger partial charge in [0.05, 0.1) is 5.69 Å². The van der Waals surface area contributed by atoms with Gasteiger partial charge in [0.2, 0.25) is 0 Å². The van der Waals surface area contributed by atoms with Crippen molar-refractivity contribution in [1.82, 2.24) is 4.98 Å². The van der Waals surface area contributed by atoms with Crippen molar-refractivity contribution in [2.24, 2.45) is 0 Å². The molecule has 2 nitrogen and oxygen atoms in total. The van der Waals surface area contributed by atoms with E-state index in [0.717, 1.165) is 23.0 Å². The van der Waals surface area contributed by atoms with Crippen molar-refractivity contribution >= 4 is 32.4 Å². The fraction of sp³-hybridized carbons (Fsp3) is 0.250. The SMILES string of the molecule is CCc1nc(N)sc1Cc1cccc(Br)c1. The molecule has 0 spiro atoms. The highest BCUT2D eigenvalue weighted by molar-refractivity contribution is 9.10. The Balaban J connectivity index is 2.26. The van der Waals surface area contributed by atoms with E-state index in [4.69, 9.17) is 5.73 Å². The highest BCUT2D eigenvalue weighted by Gasteiger charge is 2.08. The van der Waals surface area contributed by atoms with Crippen molar-refractivity contribution in [1.29, 1.82) is 0 Å². The summed E-state index contributed by atoms with van der Waals surface area (Å²) in [5, 5.41) is 0.668. The molecular weight excluding hydrogens is 284 g/mol. The van der Waals surface area contributed by atoms with Gasteiger partial charge >= 0.3 is 0 Å². The van der Waals surface area contributed by atoms with Crippen molar-refractivity contribution in [2.45, 2.75) is 19.8 Å². The van der Waals surface area contributed by atoms with E-state index in [-0.39, 0.29) is 0 Å². The minimum absolute atomic E-state index is 0.668. The van der Waals surface area contributed by atoms with Crippen LogP contribution in [0.2, 0.25) is 0 Å². The number of hydrogen-bond acceptors (Lipinski definition) is 3. The third-order valence-corrected chi connectivity index (χ3v) is 3.80. The summed E-state index contributed by atoms with van der Waals surface area (Å²) in [5.41, 5.74) is 8.15. The van der Waals surface area contributed by atoms with Crippen LogP contribution in [0.15, 0.2) is 28.7 Å². The normalized spacial score (nSPS) is 10.6. The van der Waals surface area contributed by atoms with Gasteiger partial charge in [-0.3, -0.25) is 0 Å². The van der Waals surface area contributed by atoms with Crippen LogP contribution in [0, 0.1) is 0 Å². The highest BCUT2D eigenvalue weighted by atomic mass is 79.9. The van der Waals surface area contributed by atoms with Crippen molar-refractivity contribution in [3.05, 3.63) is 44.9 Å². The maximum atomic E-state index is 5.74. The van der Waals surface area contributed by atoms with Gasteiger partial charge in [-0.1, -0.05) is 35.0 Å². The second-order valence-corrected chi connectivity index (χ2v) is 5.61. The molecule has 0 amide bonds. The minimum atomic E-state index is 0.668. The number of thiazole rings is 1. The van der Waals surface area contributed by atoms with Crippen LogP contribution < -0.4 is 5.73 Å². The molecule has 0 atom stereocenters. The molecule has 0 aliphatic rings. The molecule has 1 heterocycles. The number of rotatable bonds is 3. The average Bonchev–Trinajstić information content (AvgIpc) is 2.59. The first kappa shape index (κ1) is 11.6. The number of nitrogen functional groups attached to an aromatic ring is 1. The number of halogens is 1. The van der Waals surface area contributed by atoms with Gasteiger partial charge in [0.15, 0.2) is 5.13 Å². The van der Waals surface area contributed by atoms with Gasteiger partial charge in [-0.2, -0.15) is 0 Å². The number of nitrogens with zero attached hydrogens (tertiary/aromatic N) is 1. The predicted octanol–water partition coefficient (Wildman–Crippen LogP) is 3.64. The second-order valence-electron chi connectivity index (χ2n) is 3.58. The zero-order chi connectivity index (χ0) is 11.5. The molecule has 2 N–H and O–H groups in total. The maximum Gasteiger partial charge on any atom is 0.180 e. The third-order valence-electron chi connectivity index (χ3n) is 2.38. The number of nitrogens with two attached hydrogens (primary N) is 1. The zero-order valence-electron chi connectivity index (χ0n) is 9.03. The molecule has 0 aliphatic heterocycles. The molecular formula is C12H13BrN2S. The summed E-state index contributed by atoms with van der Waals surface area (Å²) in [5.74, 6) is 0. The Labute approximate surface area is 108 Å². The summed E-state index contributed by atoms with van der Waals surface area (Å²) in [6, 6.07) is 8.34. The molecule has 1 aromatic heterocycles. The molecule has 0 aliphatic carbocycles. The van der Waals surface area contributed by atoms with E-state index in [0.29, 0.717) is 5.13 Å². The number of anilines is 1. The van der Waals surface area contributed by atoms with E-state index in [1.807, 2.05) is 6.07 Å². The lowest BCUT2D eigenvalue weighted by Gasteiger charge is -2.01. The Kier molecular flexibility index (Phi) is 3.61. The van der Waals surface area contributed by atoms with Gasteiger partial charge in [-0.15, -0.1) is 11.3 Å². The van der Waals surface area contributed by atoms with E-state index in [1.54, 1.807) is 11.3 Å². The van der Waals surface area contributed by atoms with Gasteiger partial charge in [0, 0.05) is 15.8 Å². The van der Waals surface area contributed by atoms with E-state index < -0.39 is 0 Å². The zero-order valence-corrected chi connectivity index (χ0v) is 11.4. The van der Waals surface area contributed by atoms with Gasteiger partial charge in [0.25, 0.3) is 0 Å². The lowest BCUT2D eigenvalue weighted by Crippen LogP contribution is -1.91. The lowest BCUT2D eigenvalue weighted by atomic mass is 10.1. The molecule has 84 valence electrons. The Bertz CT molecular complexity index is 494. The minimum Gasteiger partial charge on any atom is -0.375 e. The molecule has 2 aromatic rings. The smallest absolute Gasteiger partial charge is 0.180 e. The van der Waals surface area contributed by atoms with Crippen molar-refractivity contribution in [2.75, 3.05) is 5.73 Å². The molecule has 0 fully saturated rings. The largest absolute Gasteiger partial charge is 0.375 e. The van der Waals surface area contributed by atoms with Crippen molar-refractivity contribution < 1.29 is 0 Å². The van der Waals surface area contributed by atoms with Gasteiger partial charge in [-0.25, -0.2) is 4.98 Å². The summed E-state index contributed by atoms with van der Waals surface area (Å²) < 4.78 is 1.11. The van der Waals surface area contributed by atoms with E-state index in [9.17, 15) is 0 Å². The summed E-state index contributed by atoms with van der Waals surface area (Å²) in [6.45, 7) is 2.11. The van der Waals surface area contributed by atoms with Crippen molar-refractivity contribution in [3.8, 4) is 0 Å². The quantitative estimate of drug-likeness (QED) is 0.939. The molecule has 0 unspecified atom stereocenters. The molecule has 0 radical (unpaired) electrons. The van der Waals surface area contributed by atoms with E-state index >= 15 is 0 Å². The highest BCUT2D eigenvalue weighted by Crippen LogP contribution is 2.24. The first-order valence-corrected chi connectivity index (χ1v) is 6.78. The fourth-order valence-electron chi connectivity index (χ4n) is 1.65.